The number of rotatable bonds is 8. The summed E-state index contributed by atoms with van der Waals surface area (Å²) in [4.78, 5) is 10.1. The zero-order valence-electron chi connectivity index (χ0n) is 41.6. The first-order valence-electron chi connectivity index (χ1n) is 26.0. The van der Waals surface area contributed by atoms with Gasteiger partial charge in [0.2, 0.25) is 0 Å². The highest BCUT2D eigenvalue weighted by Gasteiger charge is 2.20. The third kappa shape index (κ3) is 7.08. The lowest BCUT2D eigenvalue weighted by molar-refractivity contribution is 1.16. The molecule has 0 fully saturated rings. The van der Waals surface area contributed by atoms with E-state index in [9.17, 15) is 0 Å². The van der Waals surface area contributed by atoms with Gasteiger partial charge in [-0.15, -0.1) is 0 Å². The van der Waals surface area contributed by atoms with Crippen molar-refractivity contribution in [2.75, 3.05) is 0 Å². The van der Waals surface area contributed by atoms with E-state index in [1.165, 1.54) is 76.6 Å². The van der Waals surface area contributed by atoms with Crippen LogP contribution in [0.2, 0.25) is 0 Å². The van der Waals surface area contributed by atoms with Crippen LogP contribution in [0.25, 0.3) is 139 Å². The van der Waals surface area contributed by atoms with Gasteiger partial charge in [0.15, 0.2) is 5.82 Å². The monoisotopic (exact) mass is 969 g/mol. The first kappa shape index (κ1) is 43.5. The van der Waals surface area contributed by atoms with Crippen molar-refractivity contribution in [2.45, 2.75) is 6.92 Å². The van der Waals surface area contributed by atoms with Crippen molar-refractivity contribution in [2.24, 2.45) is 0 Å². The first-order valence-corrected chi connectivity index (χ1v) is 26.0. The van der Waals surface area contributed by atoms with E-state index in [4.69, 9.17) is 9.97 Å². The Labute approximate surface area is 439 Å². The molecule has 0 unspecified atom stereocenters. The fourth-order valence-corrected chi connectivity index (χ4v) is 11.8. The summed E-state index contributed by atoms with van der Waals surface area (Å²) in [6.45, 7) is 2.19. The molecule has 5 heteroatoms. The number of aryl methyl sites for hydroxylation is 1. The summed E-state index contributed by atoms with van der Waals surface area (Å²) in [5, 5.41) is 7.41. The van der Waals surface area contributed by atoms with Crippen molar-refractivity contribution in [1.82, 2.24) is 23.7 Å². The van der Waals surface area contributed by atoms with Gasteiger partial charge in [0, 0.05) is 66.1 Å². The molecule has 0 atom stereocenters. The van der Waals surface area contributed by atoms with E-state index in [0.29, 0.717) is 5.82 Å². The molecule has 76 heavy (non-hydrogen) atoms. The lowest BCUT2D eigenvalue weighted by atomic mass is 9.95. The molecule has 0 bridgehead atoms. The molecule has 5 nitrogen and oxygen atoms in total. The molecule has 11 aromatic carbocycles. The highest BCUT2D eigenvalue weighted by atomic mass is 15.0. The van der Waals surface area contributed by atoms with Gasteiger partial charge in [-0.1, -0.05) is 182 Å². The second kappa shape index (κ2) is 17.5. The normalized spacial score (nSPS) is 11.8. The van der Waals surface area contributed by atoms with Crippen LogP contribution >= 0.6 is 0 Å². The van der Waals surface area contributed by atoms with Crippen LogP contribution in [-0.2, 0) is 0 Å². The molecule has 0 N–H and O–H groups in total. The van der Waals surface area contributed by atoms with E-state index in [-0.39, 0.29) is 0 Å². The second-order valence-corrected chi connectivity index (χ2v) is 19.8. The number of aromatic nitrogens is 5. The summed E-state index contributed by atoms with van der Waals surface area (Å²) in [5.41, 5.74) is 21.3. The highest BCUT2D eigenvalue weighted by Crippen LogP contribution is 2.40. The van der Waals surface area contributed by atoms with E-state index in [0.717, 1.165) is 61.7 Å². The molecule has 0 spiro atoms. The van der Waals surface area contributed by atoms with Crippen LogP contribution in [0.15, 0.2) is 267 Å². The molecule has 0 aliphatic carbocycles. The van der Waals surface area contributed by atoms with Gasteiger partial charge in [0.25, 0.3) is 0 Å². The SMILES string of the molecule is Cc1cc(-c2cc(-c3ccccc3)nc(-c3ccccc3)n2)ccc1-c1ccc(-c2ccc(-n3c4ccc(-n5c6ccccc6c6ccccc65)cc4c4cc(-n5c6ccccc6c6ccccc65)ccc43)cc2)cc1. The van der Waals surface area contributed by atoms with Gasteiger partial charge < -0.3 is 13.7 Å². The molecule has 0 saturated carbocycles. The molecule has 0 amide bonds. The largest absolute Gasteiger partial charge is 0.309 e. The fourth-order valence-electron chi connectivity index (χ4n) is 11.8. The minimum atomic E-state index is 0.715. The van der Waals surface area contributed by atoms with Crippen LogP contribution in [0.5, 0.6) is 0 Å². The quantitative estimate of drug-likeness (QED) is 0.152. The van der Waals surface area contributed by atoms with E-state index < -0.39 is 0 Å². The minimum Gasteiger partial charge on any atom is -0.309 e. The third-order valence-electron chi connectivity index (χ3n) is 15.4. The summed E-state index contributed by atoms with van der Waals surface area (Å²) in [6.07, 6.45) is 0. The summed E-state index contributed by atoms with van der Waals surface area (Å²) in [7, 11) is 0. The fraction of sp³-hybridized carbons (Fsp3) is 0.0141. The average molecular weight is 970 g/mol. The Morgan fingerprint density at radius 3 is 1.11 bits per heavy atom. The van der Waals surface area contributed by atoms with E-state index in [2.05, 4.69) is 263 Å². The summed E-state index contributed by atoms with van der Waals surface area (Å²) in [6, 6.07) is 96.4. The van der Waals surface area contributed by atoms with Gasteiger partial charge in [-0.05, 0) is 120 Å². The van der Waals surface area contributed by atoms with Crippen LogP contribution in [0.4, 0.5) is 0 Å². The van der Waals surface area contributed by atoms with Crippen LogP contribution in [-0.4, -0.2) is 23.7 Å². The highest BCUT2D eigenvalue weighted by molar-refractivity contribution is 6.14. The molecule has 4 heterocycles. The van der Waals surface area contributed by atoms with E-state index in [1.54, 1.807) is 0 Å². The van der Waals surface area contributed by atoms with Gasteiger partial charge in [-0.3, -0.25) is 0 Å². The Morgan fingerprint density at radius 2 is 0.618 bits per heavy atom. The Bertz CT molecular complexity index is 4400. The van der Waals surface area contributed by atoms with Gasteiger partial charge in [-0.25, -0.2) is 9.97 Å². The molecule has 0 radical (unpaired) electrons. The molecular weight excluding hydrogens is 923 g/mol. The number of para-hydroxylation sites is 4. The average Bonchev–Trinajstić information content (AvgIpc) is 4.14. The van der Waals surface area contributed by atoms with Crippen LogP contribution in [0.3, 0.4) is 0 Å². The van der Waals surface area contributed by atoms with Crippen molar-refractivity contribution in [1.29, 1.82) is 0 Å². The second-order valence-electron chi connectivity index (χ2n) is 19.8. The molecular formula is C71H47N5. The van der Waals surface area contributed by atoms with Gasteiger partial charge in [0.05, 0.1) is 44.5 Å². The van der Waals surface area contributed by atoms with Crippen molar-refractivity contribution in [3.05, 3.63) is 272 Å². The number of benzene rings is 11. The molecule has 0 aliphatic heterocycles. The Balaban J connectivity index is 0.797. The summed E-state index contributed by atoms with van der Waals surface area (Å²) < 4.78 is 7.27. The molecule has 0 aliphatic rings. The minimum absolute atomic E-state index is 0.715. The maximum atomic E-state index is 5.09. The zero-order chi connectivity index (χ0) is 50.3. The number of nitrogens with zero attached hydrogens (tertiary/aromatic N) is 5. The van der Waals surface area contributed by atoms with Crippen molar-refractivity contribution in [3.63, 3.8) is 0 Å². The van der Waals surface area contributed by atoms with Crippen LogP contribution in [0.1, 0.15) is 5.56 Å². The third-order valence-corrected chi connectivity index (χ3v) is 15.4. The Hall–Kier alpha value is -10.1. The Kier molecular flexibility index (Phi) is 10.0. The predicted molar refractivity (Wildman–Crippen MR) is 317 cm³/mol. The standard InChI is InChI=1S/C71H47N5/c1-46-42-52(64-45-63(50-16-4-2-5-17-50)72-71(73-64)51-18-6-3-7-19-51)34-39-56(46)49-30-28-47(29-31-49)48-32-35-53(36-33-48)74-69-40-37-54(75-65-24-12-8-20-57(65)58-21-9-13-25-66(58)75)43-61(69)62-44-55(38-41-70(62)74)76-67-26-14-10-22-59(67)60-23-11-15-27-68(60)76/h2-45H,1H3. The van der Waals surface area contributed by atoms with Crippen LogP contribution in [0, 0.1) is 6.92 Å². The van der Waals surface area contributed by atoms with Crippen molar-refractivity contribution in [3.8, 4) is 73.2 Å². The maximum absolute atomic E-state index is 5.09. The van der Waals surface area contributed by atoms with Gasteiger partial charge >= 0.3 is 0 Å². The number of fused-ring (bicyclic) bond motifs is 9. The first-order chi connectivity index (χ1) is 37.6. The van der Waals surface area contributed by atoms with E-state index >= 15 is 0 Å². The topological polar surface area (TPSA) is 40.6 Å². The molecule has 15 rings (SSSR count). The number of hydrogen-bond donors (Lipinski definition) is 0. The van der Waals surface area contributed by atoms with Gasteiger partial charge in [-0.2, -0.15) is 0 Å². The zero-order valence-corrected chi connectivity index (χ0v) is 41.6. The summed E-state index contributed by atoms with van der Waals surface area (Å²) >= 11 is 0. The van der Waals surface area contributed by atoms with Crippen molar-refractivity contribution < 1.29 is 0 Å². The van der Waals surface area contributed by atoms with Gasteiger partial charge in [0.1, 0.15) is 0 Å². The van der Waals surface area contributed by atoms with E-state index in [1.807, 2.05) is 24.3 Å². The maximum Gasteiger partial charge on any atom is 0.160 e. The molecule has 4 aromatic heterocycles. The molecule has 15 aromatic rings. The predicted octanol–water partition coefficient (Wildman–Crippen LogP) is 18.4. The van der Waals surface area contributed by atoms with Crippen LogP contribution < -0.4 is 0 Å². The smallest absolute Gasteiger partial charge is 0.160 e. The Morgan fingerprint density at radius 1 is 0.250 bits per heavy atom. The lowest BCUT2D eigenvalue weighted by Gasteiger charge is -2.13. The molecule has 0 saturated heterocycles. The molecule has 356 valence electrons. The van der Waals surface area contributed by atoms with Crippen molar-refractivity contribution >= 4 is 65.4 Å². The number of hydrogen-bond acceptors (Lipinski definition) is 2. The lowest BCUT2D eigenvalue weighted by Crippen LogP contribution is -1.96. The summed E-state index contributed by atoms with van der Waals surface area (Å²) in [5.74, 6) is 0.715.